The van der Waals surface area contributed by atoms with Gasteiger partial charge in [-0.2, -0.15) is 4.31 Å². The molecule has 0 aromatic carbocycles. The molecule has 0 amide bonds. The molecule has 0 aliphatic carbocycles. The van der Waals surface area contributed by atoms with Crippen molar-refractivity contribution in [2.45, 2.75) is 44.0 Å². The fourth-order valence-corrected chi connectivity index (χ4v) is 4.03. The van der Waals surface area contributed by atoms with Gasteiger partial charge in [0, 0.05) is 25.3 Å². The molecule has 1 saturated heterocycles. The first-order chi connectivity index (χ1) is 9.05. The van der Waals surface area contributed by atoms with E-state index in [1.165, 1.54) is 6.20 Å². The Labute approximate surface area is 115 Å². The minimum absolute atomic E-state index is 0.0761. The molecular weight excluding hydrogens is 262 g/mol. The van der Waals surface area contributed by atoms with Gasteiger partial charge in [-0.3, -0.25) is 0 Å². The lowest BCUT2D eigenvalue weighted by molar-refractivity contribution is 0.268. The second-order valence-corrected chi connectivity index (χ2v) is 6.76. The molecule has 6 heteroatoms. The monoisotopic (exact) mass is 283 g/mol. The summed E-state index contributed by atoms with van der Waals surface area (Å²) in [6, 6.07) is 3.42. The van der Waals surface area contributed by atoms with Crippen LogP contribution in [0.2, 0.25) is 0 Å². The predicted octanol–water partition coefficient (Wildman–Crippen LogP) is 2.08. The molecule has 1 fully saturated rings. The first kappa shape index (κ1) is 14.3. The summed E-state index contributed by atoms with van der Waals surface area (Å²) in [6.45, 7) is 5.32. The molecule has 19 heavy (non-hydrogen) atoms. The van der Waals surface area contributed by atoms with Crippen LogP contribution in [0.15, 0.2) is 23.2 Å². The van der Waals surface area contributed by atoms with Crippen LogP contribution in [-0.4, -0.2) is 36.8 Å². The summed E-state index contributed by atoms with van der Waals surface area (Å²) in [5, 5.41) is 3.05. The zero-order valence-electron chi connectivity index (χ0n) is 11.5. The van der Waals surface area contributed by atoms with Crippen LogP contribution in [0.4, 0.5) is 5.82 Å². The van der Waals surface area contributed by atoms with E-state index in [0.717, 1.165) is 25.8 Å². The zero-order chi connectivity index (χ0) is 13.9. The number of nitrogens with zero attached hydrogens (tertiary/aromatic N) is 2. The van der Waals surface area contributed by atoms with Crippen LogP contribution in [0.5, 0.6) is 0 Å². The van der Waals surface area contributed by atoms with Crippen LogP contribution in [0.3, 0.4) is 0 Å². The van der Waals surface area contributed by atoms with E-state index >= 15 is 0 Å². The number of hydrogen-bond acceptors (Lipinski definition) is 4. The molecule has 0 spiro atoms. The summed E-state index contributed by atoms with van der Waals surface area (Å²) >= 11 is 0. The molecule has 1 aromatic rings. The molecule has 5 nitrogen and oxygen atoms in total. The third kappa shape index (κ3) is 3.06. The van der Waals surface area contributed by atoms with Gasteiger partial charge in [0.25, 0.3) is 0 Å². The maximum atomic E-state index is 12.5. The summed E-state index contributed by atoms with van der Waals surface area (Å²) < 4.78 is 26.7. The highest BCUT2D eigenvalue weighted by molar-refractivity contribution is 7.89. The smallest absolute Gasteiger partial charge is 0.244 e. The van der Waals surface area contributed by atoms with Crippen LogP contribution in [-0.2, 0) is 10.0 Å². The number of nitrogens with one attached hydrogen (secondary N) is 1. The molecular formula is C13H21N3O2S. The fourth-order valence-electron chi connectivity index (χ4n) is 2.38. The van der Waals surface area contributed by atoms with Crippen LogP contribution < -0.4 is 5.32 Å². The van der Waals surface area contributed by atoms with Crippen LogP contribution in [0.1, 0.15) is 33.1 Å². The van der Waals surface area contributed by atoms with E-state index in [0.29, 0.717) is 12.4 Å². The molecule has 2 heterocycles. The SMILES string of the molecule is CCNc1ccc(S(=O)(=O)N2CCCCC2C)cn1. The van der Waals surface area contributed by atoms with Gasteiger partial charge < -0.3 is 5.32 Å². The van der Waals surface area contributed by atoms with Gasteiger partial charge in [0.2, 0.25) is 10.0 Å². The summed E-state index contributed by atoms with van der Waals surface area (Å²) in [7, 11) is -3.40. The van der Waals surface area contributed by atoms with E-state index in [9.17, 15) is 8.42 Å². The highest BCUT2D eigenvalue weighted by Gasteiger charge is 2.30. The van der Waals surface area contributed by atoms with E-state index in [1.807, 2.05) is 13.8 Å². The largest absolute Gasteiger partial charge is 0.370 e. The minimum atomic E-state index is -3.40. The van der Waals surface area contributed by atoms with Crippen molar-refractivity contribution in [2.75, 3.05) is 18.4 Å². The van der Waals surface area contributed by atoms with Gasteiger partial charge >= 0.3 is 0 Å². The maximum absolute atomic E-state index is 12.5. The van der Waals surface area contributed by atoms with Crippen molar-refractivity contribution in [2.24, 2.45) is 0 Å². The lowest BCUT2D eigenvalue weighted by atomic mass is 10.1. The second kappa shape index (κ2) is 5.88. The maximum Gasteiger partial charge on any atom is 0.244 e. The number of aromatic nitrogens is 1. The standard InChI is InChI=1S/C13H21N3O2S/c1-3-14-13-8-7-12(10-15-13)19(17,18)16-9-5-4-6-11(16)2/h7-8,10-11H,3-6,9H2,1-2H3,(H,14,15). The van der Waals surface area contributed by atoms with Gasteiger partial charge in [0.1, 0.15) is 10.7 Å². The average molecular weight is 283 g/mol. The van der Waals surface area contributed by atoms with Gasteiger partial charge in [-0.1, -0.05) is 6.42 Å². The second-order valence-electron chi connectivity index (χ2n) is 4.87. The number of pyridine rings is 1. The van der Waals surface area contributed by atoms with E-state index in [-0.39, 0.29) is 10.9 Å². The summed E-state index contributed by atoms with van der Waals surface area (Å²) in [6.07, 6.45) is 4.41. The highest BCUT2D eigenvalue weighted by atomic mass is 32.2. The third-order valence-corrected chi connectivity index (χ3v) is 5.44. The molecule has 0 radical (unpaired) electrons. The van der Waals surface area contributed by atoms with Crippen molar-refractivity contribution in [3.05, 3.63) is 18.3 Å². The topological polar surface area (TPSA) is 62.3 Å². The Bertz CT molecular complexity index is 513. The normalized spacial score (nSPS) is 21.3. The predicted molar refractivity (Wildman–Crippen MR) is 75.6 cm³/mol. The van der Waals surface area contributed by atoms with Crippen molar-refractivity contribution < 1.29 is 8.42 Å². The van der Waals surface area contributed by atoms with Crippen molar-refractivity contribution in [1.82, 2.24) is 9.29 Å². The Morgan fingerprint density at radius 2 is 2.21 bits per heavy atom. The Morgan fingerprint density at radius 1 is 1.42 bits per heavy atom. The number of anilines is 1. The van der Waals surface area contributed by atoms with Crippen molar-refractivity contribution in [3.63, 3.8) is 0 Å². The average Bonchev–Trinajstić information content (AvgIpc) is 2.40. The van der Waals surface area contributed by atoms with Gasteiger partial charge in [-0.25, -0.2) is 13.4 Å². The molecule has 1 aliphatic rings. The third-order valence-electron chi connectivity index (χ3n) is 3.44. The molecule has 106 valence electrons. The highest BCUT2D eigenvalue weighted by Crippen LogP contribution is 2.24. The first-order valence-electron chi connectivity index (χ1n) is 6.77. The van der Waals surface area contributed by atoms with Crippen molar-refractivity contribution in [1.29, 1.82) is 0 Å². The summed E-state index contributed by atoms with van der Waals surface area (Å²) in [4.78, 5) is 4.42. The number of sulfonamides is 1. The molecule has 2 rings (SSSR count). The van der Waals surface area contributed by atoms with Crippen LogP contribution in [0.25, 0.3) is 0 Å². The Morgan fingerprint density at radius 3 is 2.79 bits per heavy atom. The minimum Gasteiger partial charge on any atom is -0.370 e. The molecule has 0 saturated carbocycles. The Kier molecular flexibility index (Phi) is 4.42. The van der Waals surface area contributed by atoms with Crippen LogP contribution >= 0.6 is 0 Å². The summed E-state index contributed by atoms with van der Waals surface area (Å²) in [5.41, 5.74) is 0. The van der Waals surface area contributed by atoms with Crippen LogP contribution in [0, 0.1) is 0 Å². The van der Waals surface area contributed by atoms with Gasteiger partial charge in [0.15, 0.2) is 0 Å². The zero-order valence-corrected chi connectivity index (χ0v) is 12.3. The molecule has 1 aromatic heterocycles. The lowest BCUT2D eigenvalue weighted by Crippen LogP contribution is -2.41. The quantitative estimate of drug-likeness (QED) is 0.919. The van der Waals surface area contributed by atoms with Gasteiger partial charge in [-0.15, -0.1) is 0 Å². The Hall–Kier alpha value is -1.14. The van der Waals surface area contributed by atoms with E-state index in [2.05, 4.69) is 10.3 Å². The molecule has 0 bridgehead atoms. The lowest BCUT2D eigenvalue weighted by Gasteiger charge is -2.32. The van der Waals surface area contributed by atoms with E-state index in [4.69, 9.17) is 0 Å². The first-order valence-corrected chi connectivity index (χ1v) is 8.21. The van der Waals surface area contributed by atoms with Gasteiger partial charge in [0.05, 0.1) is 0 Å². The van der Waals surface area contributed by atoms with Crippen molar-refractivity contribution in [3.8, 4) is 0 Å². The molecule has 1 N–H and O–H groups in total. The van der Waals surface area contributed by atoms with Crippen molar-refractivity contribution >= 4 is 15.8 Å². The van der Waals surface area contributed by atoms with Gasteiger partial charge in [-0.05, 0) is 38.8 Å². The molecule has 1 atom stereocenters. The van der Waals surface area contributed by atoms with E-state index < -0.39 is 10.0 Å². The van der Waals surface area contributed by atoms with E-state index in [1.54, 1.807) is 16.4 Å². The summed E-state index contributed by atoms with van der Waals surface area (Å²) in [5.74, 6) is 0.702. The molecule has 1 aliphatic heterocycles. The number of rotatable bonds is 4. The number of piperidine rings is 1. The number of hydrogen-bond donors (Lipinski definition) is 1. The molecule has 1 unspecified atom stereocenters. The Balaban J connectivity index is 2.23. The fraction of sp³-hybridized carbons (Fsp3) is 0.615.